The number of hydrogen-bond acceptors (Lipinski definition) is 2. The number of nitrogens with two attached hydrogens (primary N) is 1. The van der Waals surface area contributed by atoms with Gasteiger partial charge >= 0.3 is 0 Å². The Morgan fingerprint density at radius 1 is 1.75 bits per heavy atom. The molecule has 0 aliphatic carbocycles. The first-order valence-electron chi connectivity index (χ1n) is 1.86. The summed E-state index contributed by atoms with van der Waals surface area (Å²) in [5.74, 6) is 0.318. The molecule has 0 saturated heterocycles. The molecule has 8 heavy (non-hydrogen) atoms. The van der Waals surface area contributed by atoms with Gasteiger partial charge in [0.15, 0.2) is 5.82 Å². The highest BCUT2D eigenvalue weighted by Crippen LogP contribution is 2.23. The van der Waals surface area contributed by atoms with E-state index in [2.05, 4.69) is 26.1 Å². The first-order valence-corrected chi connectivity index (χ1v) is 3.03. The lowest BCUT2D eigenvalue weighted by Gasteiger charge is -1.79. The van der Waals surface area contributed by atoms with Gasteiger partial charge in [0.2, 0.25) is 0 Å². The molecule has 0 fully saturated rings. The van der Waals surface area contributed by atoms with Crippen LogP contribution in [0.25, 0.3) is 0 Å². The summed E-state index contributed by atoms with van der Waals surface area (Å²) in [6.45, 7) is 0. The Morgan fingerprint density at radius 2 is 2.38 bits per heavy atom. The zero-order valence-corrected chi connectivity index (χ0v) is 6.12. The monoisotopic (exact) mass is 195 g/mol. The number of hydrogen-bond donors (Lipinski definition) is 2. The first-order chi connectivity index (χ1) is 3.72. The fourth-order valence-electron chi connectivity index (χ4n) is 0.320. The van der Waals surface area contributed by atoms with Crippen LogP contribution in [0.2, 0.25) is 5.02 Å². The number of H-pyrrole nitrogens is 1. The van der Waals surface area contributed by atoms with Crippen LogP contribution in [0.3, 0.4) is 0 Å². The number of aromatic amines is 1. The van der Waals surface area contributed by atoms with Crippen molar-refractivity contribution in [1.82, 2.24) is 10.2 Å². The van der Waals surface area contributed by atoms with Gasteiger partial charge < -0.3 is 5.73 Å². The fourth-order valence-corrected chi connectivity index (χ4v) is 0.696. The van der Waals surface area contributed by atoms with Gasteiger partial charge in [0, 0.05) is 0 Å². The second-order valence-electron chi connectivity index (χ2n) is 1.24. The van der Waals surface area contributed by atoms with Gasteiger partial charge in [0.1, 0.15) is 9.63 Å². The van der Waals surface area contributed by atoms with E-state index in [1.54, 1.807) is 0 Å². The van der Waals surface area contributed by atoms with Gasteiger partial charge in [-0.05, 0) is 15.9 Å². The van der Waals surface area contributed by atoms with Crippen molar-refractivity contribution >= 4 is 33.3 Å². The standard InChI is InChI=1S/C3H3BrClN3/c4-2-1(5)3(6)8-7-2/h(H3,6,7,8). The lowest BCUT2D eigenvalue weighted by molar-refractivity contribution is 1.08. The van der Waals surface area contributed by atoms with Crippen LogP contribution in [-0.4, -0.2) is 10.2 Å². The summed E-state index contributed by atoms with van der Waals surface area (Å²) in [5, 5.41) is 6.57. The van der Waals surface area contributed by atoms with Crippen molar-refractivity contribution in [3.8, 4) is 0 Å². The Kier molecular flexibility index (Phi) is 1.44. The third-order valence-corrected chi connectivity index (χ3v) is 1.88. The Labute approximate surface area is 59.3 Å². The average Bonchev–Trinajstić information content (AvgIpc) is 1.98. The van der Waals surface area contributed by atoms with Gasteiger partial charge in [0.25, 0.3) is 0 Å². The summed E-state index contributed by atoms with van der Waals surface area (Å²) < 4.78 is 0.622. The molecule has 0 aliphatic heterocycles. The maximum Gasteiger partial charge on any atom is 0.165 e. The molecule has 0 bridgehead atoms. The van der Waals surface area contributed by atoms with Gasteiger partial charge in [-0.25, -0.2) is 0 Å². The van der Waals surface area contributed by atoms with Crippen LogP contribution in [-0.2, 0) is 0 Å². The van der Waals surface area contributed by atoms with Crippen molar-refractivity contribution in [2.24, 2.45) is 0 Å². The number of nitrogens with zero attached hydrogens (tertiary/aromatic N) is 1. The molecule has 0 aliphatic rings. The SMILES string of the molecule is Nc1n[nH]c(Br)c1Cl. The zero-order valence-electron chi connectivity index (χ0n) is 3.78. The predicted octanol–water partition coefficient (Wildman–Crippen LogP) is 1.41. The van der Waals surface area contributed by atoms with Crippen molar-refractivity contribution < 1.29 is 0 Å². The molecule has 1 aromatic heterocycles. The molecule has 0 aromatic carbocycles. The third kappa shape index (κ3) is 0.809. The van der Waals surface area contributed by atoms with Gasteiger partial charge in [-0.15, -0.1) is 0 Å². The predicted molar refractivity (Wildman–Crippen MR) is 35.7 cm³/mol. The van der Waals surface area contributed by atoms with E-state index in [0.717, 1.165) is 0 Å². The fraction of sp³-hybridized carbons (Fsp3) is 0. The zero-order chi connectivity index (χ0) is 6.15. The van der Waals surface area contributed by atoms with E-state index in [-0.39, 0.29) is 0 Å². The van der Waals surface area contributed by atoms with Gasteiger partial charge in [-0.3, -0.25) is 5.10 Å². The molecule has 1 heterocycles. The Hall–Kier alpha value is -0.220. The summed E-state index contributed by atoms with van der Waals surface area (Å²) in [5.41, 5.74) is 5.24. The number of anilines is 1. The topological polar surface area (TPSA) is 54.7 Å². The van der Waals surface area contributed by atoms with E-state index in [0.29, 0.717) is 15.4 Å². The first kappa shape index (κ1) is 5.91. The number of aromatic nitrogens is 2. The Morgan fingerprint density at radius 3 is 2.50 bits per heavy atom. The number of nitrogens with one attached hydrogen (secondary N) is 1. The summed E-state index contributed by atoms with van der Waals surface area (Å²) in [6.07, 6.45) is 0. The summed E-state index contributed by atoms with van der Waals surface area (Å²) in [7, 11) is 0. The van der Waals surface area contributed by atoms with Crippen molar-refractivity contribution in [2.75, 3.05) is 5.73 Å². The quantitative estimate of drug-likeness (QED) is 0.659. The minimum atomic E-state index is 0.318. The van der Waals surface area contributed by atoms with Crippen molar-refractivity contribution in [2.45, 2.75) is 0 Å². The molecule has 1 rings (SSSR count). The van der Waals surface area contributed by atoms with E-state index >= 15 is 0 Å². The number of halogens is 2. The van der Waals surface area contributed by atoms with Gasteiger partial charge in [0.05, 0.1) is 0 Å². The van der Waals surface area contributed by atoms with E-state index in [1.165, 1.54) is 0 Å². The minimum Gasteiger partial charge on any atom is -0.381 e. The molecule has 0 atom stereocenters. The summed E-state index contributed by atoms with van der Waals surface area (Å²) in [4.78, 5) is 0. The molecule has 0 amide bonds. The lowest BCUT2D eigenvalue weighted by Crippen LogP contribution is -1.82. The average molecular weight is 196 g/mol. The molecule has 0 spiro atoms. The van der Waals surface area contributed by atoms with Crippen LogP contribution in [0.5, 0.6) is 0 Å². The highest BCUT2D eigenvalue weighted by molar-refractivity contribution is 9.10. The van der Waals surface area contributed by atoms with E-state index in [1.807, 2.05) is 0 Å². The highest BCUT2D eigenvalue weighted by atomic mass is 79.9. The lowest BCUT2D eigenvalue weighted by atomic mass is 10.7. The maximum atomic E-state index is 5.53. The molecule has 3 nitrogen and oxygen atoms in total. The van der Waals surface area contributed by atoms with Crippen LogP contribution in [0, 0.1) is 0 Å². The van der Waals surface area contributed by atoms with Crippen LogP contribution in [0.1, 0.15) is 0 Å². The van der Waals surface area contributed by atoms with Gasteiger partial charge in [-0.2, -0.15) is 5.10 Å². The smallest absolute Gasteiger partial charge is 0.165 e. The van der Waals surface area contributed by atoms with Crippen LogP contribution < -0.4 is 5.73 Å². The van der Waals surface area contributed by atoms with Gasteiger partial charge in [-0.1, -0.05) is 11.6 Å². The van der Waals surface area contributed by atoms with Crippen molar-refractivity contribution in [3.05, 3.63) is 9.63 Å². The molecule has 3 N–H and O–H groups in total. The molecule has 1 aromatic rings. The number of rotatable bonds is 0. The molecule has 44 valence electrons. The summed E-state index contributed by atoms with van der Waals surface area (Å²) in [6, 6.07) is 0. The molecular weight excluding hydrogens is 193 g/mol. The molecular formula is C3H3BrClN3. The summed E-state index contributed by atoms with van der Waals surface area (Å²) >= 11 is 8.61. The van der Waals surface area contributed by atoms with Crippen LogP contribution >= 0.6 is 27.5 Å². The second-order valence-corrected chi connectivity index (χ2v) is 2.41. The normalized spacial score (nSPS) is 9.75. The van der Waals surface area contributed by atoms with Crippen molar-refractivity contribution in [1.29, 1.82) is 0 Å². The number of nitrogen functional groups attached to an aromatic ring is 1. The van der Waals surface area contributed by atoms with E-state index in [9.17, 15) is 0 Å². The highest BCUT2D eigenvalue weighted by Gasteiger charge is 2.02. The maximum absolute atomic E-state index is 5.53. The largest absolute Gasteiger partial charge is 0.381 e. The molecule has 0 unspecified atom stereocenters. The van der Waals surface area contributed by atoms with Crippen molar-refractivity contribution in [3.63, 3.8) is 0 Å². The third-order valence-electron chi connectivity index (χ3n) is 0.692. The molecule has 0 radical (unpaired) electrons. The Balaban J connectivity index is 3.19. The minimum absolute atomic E-state index is 0.318. The van der Waals surface area contributed by atoms with Crippen LogP contribution in [0.15, 0.2) is 4.60 Å². The van der Waals surface area contributed by atoms with Crippen LogP contribution in [0.4, 0.5) is 5.82 Å². The second kappa shape index (κ2) is 1.95. The Bertz CT molecular complexity index is 177. The van der Waals surface area contributed by atoms with E-state index in [4.69, 9.17) is 17.3 Å². The van der Waals surface area contributed by atoms with E-state index < -0.39 is 0 Å². The molecule has 0 saturated carbocycles. The molecule has 5 heteroatoms.